The third kappa shape index (κ3) is 2.77. The number of nitrogens with zero attached hydrogens (tertiary/aromatic N) is 1. The van der Waals surface area contributed by atoms with Crippen LogP contribution in [0.15, 0.2) is 0 Å². The molecule has 1 aliphatic heterocycles. The maximum atomic E-state index is 10.5. The summed E-state index contributed by atoms with van der Waals surface area (Å²) in [5, 5.41) is 13.7. The number of piperazine rings is 1. The van der Waals surface area contributed by atoms with Gasteiger partial charge in [-0.3, -0.25) is 4.79 Å². The van der Waals surface area contributed by atoms with Gasteiger partial charge in [0.25, 0.3) is 0 Å². The van der Waals surface area contributed by atoms with Gasteiger partial charge in [0, 0.05) is 26.2 Å². The number of hydrogen-bond donors (Lipinski definition) is 3. The van der Waals surface area contributed by atoms with Crippen molar-refractivity contribution in [2.24, 2.45) is 0 Å². The molecule has 12 heavy (non-hydrogen) atoms. The fourth-order valence-electron chi connectivity index (χ4n) is 1.12. The Labute approximate surface area is 71.7 Å². The van der Waals surface area contributed by atoms with Gasteiger partial charge in [-0.05, 0) is 6.92 Å². The van der Waals surface area contributed by atoms with E-state index in [1.807, 2.05) is 5.01 Å². The lowest BCUT2D eigenvalue weighted by Gasteiger charge is -2.29. The van der Waals surface area contributed by atoms with E-state index in [1.54, 1.807) is 6.92 Å². The first-order valence-electron chi connectivity index (χ1n) is 4.15. The molecule has 0 radical (unpaired) electrons. The van der Waals surface area contributed by atoms with E-state index in [-0.39, 0.29) is 0 Å². The molecule has 1 aliphatic rings. The lowest BCUT2D eigenvalue weighted by Crippen LogP contribution is -2.54. The Morgan fingerprint density at radius 2 is 2.17 bits per heavy atom. The molecular weight excluding hydrogens is 158 g/mol. The first-order valence-corrected chi connectivity index (χ1v) is 4.15. The highest BCUT2D eigenvalue weighted by Crippen LogP contribution is 1.90. The van der Waals surface area contributed by atoms with Crippen molar-refractivity contribution >= 4 is 5.97 Å². The fourth-order valence-corrected chi connectivity index (χ4v) is 1.12. The lowest BCUT2D eigenvalue weighted by atomic mass is 10.3. The van der Waals surface area contributed by atoms with Gasteiger partial charge in [0.2, 0.25) is 0 Å². The summed E-state index contributed by atoms with van der Waals surface area (Å²) in [4.78, 5) is 10.5. The van der Waals surface area contributed by atoms with Crippen molar-refractivity contribution in [3.8, 4) is 0 Å². The minimum Gasteiger partial charge on any atom is -0.480 e. The first-order chi connectivity index (χ1) is 5.70. The van der Waals surface area contributed by atoms with Crippen LogP contribution in [0, 0.1) is 0 Å². The standard InChI is InChI=1S/C7H15N3O2/c1-6(7(11)12)9-10-4-2-8-3-5-10/h6,8-9H,2-5H2,1H3,(H,11,12). The Bertz CT molecular complexity index is 157. The zero-order chi connectivity index (χ0) is 8.97. The Kier molecular flexibility index (Phi) is 3.46. The monoisotopic (exact) mass is 173 g/mol. The average Bonchev–Trinajstić information content (AvgIpc) is 2.06. The van der Waals surface area contributed by atoms with Crippen molar-refractivity contribution in [3.05, 3.63) is 0 Å². The fraction of sp³-hybridized carbons (Fsp3) is 0.857. The second-order valence-electron chi connectivity index (χ2n) is 2.93. The van der Waals surface area contributed by atoms with E-state index >= 15 is 0 Å². The van der Waals surface area contributed by atoms with Gasteiger partial charge in [-0.25, -0.2) is 10.4 Å². The van der Waals surface area contributed by atoms with Crippen LogP contribution >= 0.6 is 0 Å². The topological polar surface area (TPSA) is 64.6 Å². The maximum absolute atomic E-state index is 10.5. The van der Waals surface area contributed by atoms with Crippen molar-refractivity contribution in [2.75, 3.05) is 26.2 Å². The van der Waals surface area contributed by atoms with Crippen LogP contribution in [0.1, 0.15) is 6.92 Å². The summed E-state index contributed by atoms with van der Waals surface area (Å²) in [6.07, 6.45) is 0. The number of rotatable bonds is 3. The van der Waals surface area contributed by atoms with E-state index in [1.165, 1.54) is 0 Å². The molecule has 0 aromatic carbocycles. The maximum Gasteiger partial charge on any atom is 0.321 e. The number of nitrogens with one attached hydrogen (secondary N) is 2. The Balaban J connectivity index is 2.24. The molecule has 1 heterocycles. The van der Waals surface area contributed by atoms with Crippen LogP contribution in [0.2, 0.25) is 0 Å². The smallest absolute Gasteiger partial charge is 0.321 e. The second-order valence-corrected chi connectivity index (χ2v) is 2.93. The summed E-state index contributed by atoms with van der Waals surface area (Å²) in [5.74, 6) is -0.812. The summed E-state index contributed by atoms with van der Waals surface area (Å²) in [6.45, 7) is 5.19. The van der Waals surface area contributed by atoms with Crippen molar-refractivity contribution in [2.45, 2.75) is 13.0 Å². The van der Waals surface area contributed by atoms with Gasteiger partial charge in [-0.1, -0.05) is 0 Å². The summed E-state index contributed by atoms with van der Waals surface area (Å²) in [6, 6.07) is -0.497. The van der Waals surface area contributed by atoms with E-state index in [4.69, 9.17) is 5.11 Å². The quantitative estimate of drug-likeness (QED) is 0.504. The van der Waals surface area contributed by atoms with Crippen LogP contribution in [0.4, 0.5) is 0 Å². The number of carboxylic acid groups (broad SMARTS) is 1. The van der Waals surface area contributed by atoms with Gasteiger partial charge in [-0.2, -0.15) is 0 Å². The molecule has 1 unspecified atom stereocenters. The highest BCUT2D eigenvalue weighted by atomic mass is 16.4. The van der Waals surface area contributed by atoms with Gasteiger partial charge in [0.15, 0.2) is 0 Å². The Hall–Kier alpha value is -0.650. The van der Waals surface area contributed by atoms with Crippen molar-refractivity contribution in [1.29, 1.82) is 0 Å². The largest absolute Gasteiger partial charge is 0.480 e. The molecule has 3 N–H and O–H groups in total. The van der Waals surface area contributed by atoms with E-state index in [9.17, 15) is 4.79 Å². The normalized spacial score (nSPS) is 22.1. The predicted octanol–water partition coefficient (Wildman–Crippen LogP) is -1.13. The number of aliphatic carboxylic acids is 1. The Morgan fingerprint density at radius 1 is 1.58 bits per heavy atom. The van der Waals surface area contributed by atoms with Crippen LogP contribution < -0.4 is 10.7 Å². The number of carboxylic acids is 1. The first kappa shape index (κ1) is 9.44. The molecule has 1 fully saturated rings. The van der Waals surface area contributed by atoms with Crippen molar-refractivity contribution in [1.82, 2.24) is 15.8 Å². The second kappa shape index (κ2) is 4.39. The van der Waals surface area contributed by atoms with Crippen LogP contribution in [-0.2, 0) is 4.79 Å². The molecule has 5 heteroatoms. The van der Waals surface area contributed by atoms with Crippen molar-refractivity contribution < 1.29 is 9.90 Å². The number of hydrazine groups is 1. The molecular formula is C7H15N3O2. The van der Waals surface area contributed by atoms with E-state index < -0.39 is 12.0 Å². The highest BCUT2D eigenvalue weighted by molar-refractivity contribution is 5.72. The number of carbonyl (C=O) groups is 1. The van der Waals surface area contributed by atoms with Crippen molar-refractivity contribution in [3.63, 3.8) is 0 Å². The lowest BCUT2D eigenvalue weighted by molar-refractivity contribution is -0.140. The molecule has 70 valence electrons. The molecule has 0 amide bonds. The minimum atomic E-state index is -0.812. The zero-order valence-corrected chi connectivity index (χ0v) is 7.21. The molecule has 1 atom stereocenters. The third-order valence-corrected chi connectivity index (χ3v) is 1.86. The van der Waals surface area contributed by atoms with Gasteiger partial charge >= 0.3 is 5.97 Å². The Morgan fingerprint density at radius 3 is 2.67 bits per heavy atom. The van der Waals surface area contributed by atoms with Gasteiger partial charge in [0.1, 0.15) is 6.04 Å². The van der Waals surface area contributed by atoms with Crippen LogP contribution in [-0.4, -0.2) is 48.3 Å². The van der Waals surface area contributed by atoms with Gasteiger partial charge < -0.3 is 10.4 Å². The highest BCUT2D eigenvalue weighted by Gasteiger charge is 2.15. The predicted molar refractivity (Wildman–Crippen MR) is 44.7 cm³/mol. The zero-order valence-electron chi connectivity index (χ0n) is 7.21. The molecule has 0 aromatic rings. The summed E-state index contributed by atoms with van der Waals surface area (Å²) in [5.41, 5.74) is 2.91. The molecule has 0 aromatic heterocycles. The summed E-state index contributed by atoms with van der Waals surface area (Å²) in [7, 11) is 0. The van der Waals surface area contributed by atoms with E-state index in [2.05, 4.69) is 10.7 Å². The molecule has 0 bridgehead atoms. The molecule has 0 saturated carbocycles. The average molecular weight is 173 g/mol. The van der Waals surface area contributed by atoms with E-state index in [0.717, 1.165) is 26.2 Å². The van der Waals surface area contributed by atoms with Crippen LogP contribution in [0.3, 0.4) is 0 Å². The van der Waals surface area contributed by atoms with Gasteiger partial charge in [-0.15, -0.1) is 0 Å². The molecule has 1 saturated heterocycles. The number of hydrogen-bond acceptors (Lipinski definition) is 4. The summed E-state index contributed by atoms with van der Waals surface area (Å²) < 4.78 is 0. The minimum absolute atomic E-state index is 0.497. The van der Waals surface area contributed by atoms with Gasteiger partial charge in [0.05, 0.1) is 0 Å². The molecule has 1 rings (SSSR count). The SMILES string of the molecule is CC(NN1CCNCC1)C(=O)O. The van der Waals surface area contributed by atoms with Crippen LogP contribution in [0.25, 0.3) is 0 Å². The van der Waals surface area contributed by atoms with Crippen LogP contribution in [0.5, 0.6) is 0 Å². The third-order valence-electron chi connectivity index (χ3n) is 1.86. The molecule has 0 spiro atoms. The molecule has 0 aliphatic carbocycles. The summed E-state index contributed by atoms with van der Waals surface area (Å²) >= 11 is 0. The van der Waals surface area contributed by atoms with E-state index in [0.29, 0.717) is 0 Å². The molecule has 5 nitrogen and oxygen atoms in total.